The first kappa shape index (κ1) is 21.3. The minimum Gasteiger partial charge on any atom is -0.391 e. The van der Waals surface area contributed by atoms with Gasteiger partial charge in [-0.3, -0.25) is 9.59 Å². The summed E-state index contributed by atoms with van der Waals surface area (Å²) >= 11 is 6.12. The SMILES string of the molecule is O=C(CC(NC(=O)c1ccccc1Cl)c1ccccc1)NCC(O)C1CCOC1. The molecule has 1 saturated heterocycles. The maximum atomic E-state index is 12.7. The van der Waals surface area contributed by atoms with Gasteiger partial charge in [-0.15, -0.1) is 0 Å². The first-order chi connectivity index (χ1) is 14.0. The first-order valence-corrected chi connectivity index (χ1v) is 10.0. The number of hydrogen-bond donors (Lipinski definition) is 3. The first-order valence-electron chi connectivity index (χ1n) is 9.67. The lowest BCUT2D eigenvalue weighted by atomic mass is 10.0. The summed E-state index contributed by atoms with van der Waals surface area (Å²) in [7, 11) is 0. The van der Waals surface area contributed by atoms with Crippen LogP contribution in [0.25, 0.3) is 0 Å². The molecule has 3 N–H and O–H groups in total. The van der Waals surface area contributed by atoms with E-state index >= 15 is 0 Å². The Morgan fingerprint density at radius 1 is 1.14 bits per heavy atom. The number of nitrogens with one attached hydrogen (secondary N) is 2. The van der Waals surface area contributed by atoms with Gasteiger partial charge in [-0.05, 0) is 24.1 Å². The van der Waals surface area contributed by atoms with Gasteiger partial charge in [0, 0.05) is 19.1 Å². The van der Waals surface area contributed by atoms with Crippen molar-refractivity contribution in [3.8, 4) is 0 Å². The van der Waals surface area contributed by atoms with Crippen LogP contribution in [0, 0.1) is 5.92 Å². The molecule has 0 radical (unpaired) electrons. The van der Waals surface area contributed by atoms with Crippen LogP contribution in [0.5, 0.6) is 0 Å². The zero-order valence-corrected chi connectivity index (χ0v) is 16.8. The fraction of sp³-hybridized carbons (Fsp3) is 0.364. The second kappa shape index (κ2) is 10.4. The van der Waals surface area contributed by atoms with Gasteiger partial charge in [-0.1, -0.05) is 54.1 Å². The standard InChI is InChI=1S/C22H25ClN2O4/c23-18-9-5-4-8-17(18)22(28)25-19(15-6-2-1-3-7-15)12-21(27)24-13-20(26)16-10-11-29-14-16/h1-9,16,19-20,26H,10-14H2,(H,24,27)(H,25,28). The normalized spacial score (nSPS) is 18.1. The molecule has 3 atom stereocenters. The van der Waals surface area contributed by atoms with E-state index < -0.39 is 12.1 Å². The number of carbonyl (C=O) groups excluding carboxylic acids is 2. The summed E-state index contributed by atoms with van der Waals surface area (Å²) in [5.41, 5.74) is 1.17. The summed E-state index contributed by atoms with van der Waals surface area (Å²) in [5, 5.41) is 16.2. The Hall–Kier alpha value is -2.41. The molecule has 29 heavy (non-hydrogen) atoms. The van der Waals surface area contributed by atoms with Gasteiger partial charge in [0.15, 0.2) is 0 Å². The third-order valence-electron chi connectivity index (χ3n) is 5.03. The lowest BCUT2D eigenvalue weighted by molar-refractivity contribution is -0.122. The lowest BCUT2D eigenvalue weighted by Crippen LogP contribution is -2.39. The van der Waals surface area contributed by atoms with Crippen molar-refractivity contribution < 1.29 is 19.4 Å². The molecule has 0 aliphatic carbocycles. The summed E-state index contributed by atoms with van der Waals surface area (Å²) in [4.78, 5) is 25.2. The molecule has 1 heterocycles. The molecule has 3 unspecified atom stereocenters. The number of hydrogen-bond acceptors (Lipinski definition) is 4. The Morgan fingerprint density at radius 2 is 1.86 bits per heavy atom. The molecule has 2 amide bonds. The maximum absolute atomic E-state index is 12.7. The zero-order chi connectivity index (χ0) is 20.6. The van der Waals surface area contributed by atoms with Crippen molar-refractivity contribution in [1.82, 2.24) is 10.6 Å². The number of carbonyl (C=O) groups is 2. The number of ether oxygens (including phenoxy) is 1. The average Bonchev–Trinajstić information content (AvgIpc) is 3.27. The molecule has 0 aromatic heterocycles. The second-order valence-electron chi connectivity index (χ2n) is 7.12. The minimum atomic E-state index is -0.644. The van der Waals surface area contributed by atoms with E-state index in [0.29, 0.717) is 23.8 Å². The van der Waals surface area contributed by atoms with Crippen molar-refractivity contribution in [3.05, 3.63) is 70.7 Å². The van der Waals surface area contributed by atoms with Crippen LogP contribution in [0.15, 0.2) is 54.6 Å². The molecule has 154 valence electrons. The minimum absolute atomic E-state index is 0.0418. The summed E-state index contributed by atoms with van der Waals surface area (Å²) in [5.74, 6) is -0.559. The van der Waals surface area contributed by atoms with Gasteiger partial charge in [0.25, 0.3) is 5.91 Å². The zero-order valence-electron chi connectivity index (χ0n) is 16.0. The van der Waals surface area contributed by atoms with E-state index in [1.54, 1.807) is 24.3 Å². The van der Waals surface area contributed by atoms with Gasteiger partial charge in [-0.25, -0.2) is 0 Å². The lowest BCUT2D eigenvalue weighted by Gasteiger charge is -2.21. The van der Waals surface area contributed by atoms with E-state index in [4.69, 9.17) is 16.3 Å². The van der Waals surface area contributed by atoms with E-state index in [1.807, 2.05) is 30.3 Å². The highest BCUT2D eigenvalue weighted by Crippen LogP contribution is 2.21. The molecular weight excluding hydrogens is 392 g/mol. The van der Waals surface area contributed by atoms with Crippen molar-refractivity contribution >= 4 is 23.4 Å². The molecule has 7 heteroatoms. The van der Waals surface area contributed by atoms with E-state index in [0.717, 1.165) is 12.0 Å². The van der Waals surface area contributed by atoms with Crippen LogP contribution in [-0.4, -0.2) is 42.8 Å². The highest BCUT2D eigenvalue weighted by Gasteiger charge is 2.25. The molecule has 1 aliphatic rings. The molecular formula is C22H25ClN2O4. The summed E-state index contributed by atoms with van der Waals surface area (Å²) in [6.07, 6.45) is 0.195. The molecule has 3 rings (SSSR count). The van der Waals surface area contributed by atoms with Crippen LogP contribution in [0.3, 0.4) is 0 Å². The third kappa shape index (κ3) is 6.03. The second-order valence-corrected chi connectivity index (χ2v) is 7.52. The number of benzene rings is 2. The molecule has 0 bridgehead atoms. The van der Waals surface area contributed by atoms with Gasteiger partial charge in [0.05, 0.1) is 35.8 Å². The van der Waals surface area contributed by atoms with Crippen molar-refractivity contribution in [2.45, 2.75) is 25.0 Å². The Kier molecular flexibility index (Phi) is 7.63. The topological polar surface area (TPSA) is 87.7 Å². The van der Waals surface area contributed by atoms with Crippen LogP contribution < -0.4 is 10.6 Å². The Labute approximate surface area is 175 Å². The van der Waals surface area contributed by atoms with Crippen molar-refractivity contribution in [2.24, 2.45) is 5.92 Å². The Balaban J connectivity index is 1.63. The number of halogens is 1. The molecule has 2 aromatic carbocycles. The number of aliphatic hydroxyl groups excluding tert-OH is 1. The van der Waals surface area contributed by atoms with E-state index in [-0.39, 0.29) is 30.7 Å². The maximum Gasteiger partial charge on any atom is 0.253 e. The third-order valence-corrected chi connectivity index (χ3v) is 5.36. The number of amides is 2. The number of aliphatic hydroxyl groups is 1. The monoisotopic (exact) mass is 416 g/mol. The molecule has 0 spiro atoms. The summed E-state index contributed by atoms with van der Waals surface area (Å²) in [6.45, 7) is 1.31. The van der Waals surface area contributed by atoms with Gasteiger partial charge in [0.2, 0.25) is 5.91 Å². The van der Waals surface area contributed by atoms with E-state index in [9.17, 15) is 14.7 Å². The van der Waals surface area contributed by atoms with Crippen molar-refractivity contribution in [2.75, 3.05) is 19.8 Å². The quantitative estimate of drug-likeness (QED) is 0.617. The van der Waals surface area contributed by atoms with Gasteiger partial charge < -0.3 is 20.5 Å². The van der Waals surface area contributed by atoms with Gasteiger partial charge in [-0.2, -0.15) is 0 Å². The van der Waals surface area contributed by atoms with Crippen LogP contribution in [0.4, 0.5) is 0 Å². The molecule has 0 saturated carbocycles. The molecule has 1 fully saturated rings. The van der Waals surface area contributed by atoms with E-state index in [2.05, 4.69) is 10.6 Å². The molecule has 2 aromatic rings. The predicted octanol–water partition coefficient (Wildman–Crippen LogP) is 2.71. The fourth-order valence-electron chi connectivity index (χ4n) is 3.32. The van der Waals surface area contributed by atoms with Gasteiger partial charge >= 0.3 is 0 Å². The molecule has 6 nitrogen and oxygen atoms in total. The summed E-state index contributed by atoms with van der Waals surface area (Å²) < 4.78 is 5.27. The smallest absolute Gasteiger partial charge is 0.253 e. The van der Waals surface area contributed by atoms with Gasteiger partial charge in [0.1, 0.15) is 0 Å². The Bertz CT molecular complexity index is 825. The van der Waals surface area contributed by atoms with Crippen LogP contribution in [-0.2, 0) is 9.53 Å². The average molecular weight is 417 g/mol. The highest BCUT2D eigenvalue weighted by atomic mass is 35.5. The van der Waals surface area contributed by atoms with Crippen LogP contribution in [0.2, 0.25) is 5.02 Å². The van der Waals surface area contributed by atoms with Crippen molar-refractivity contribution in [3.63, 3.8) is 0 Å². The highest BCUT2D eigenvalue weighted by molar-refractivity contribution is 6.33. The number of rotatable bonds is 8. The fourth-order valence-corrected chi connectivity index (χ4v) is 3.54. The summed E-state index contributed by atoms with van der Waals surface area (Å²) in [6, 6.07) is 15.5. The largest absolute Gasteiger partial charge is 0.391 e. The van der Waals surface area contributed by atoms with Crippen LogP contribution in [0.1, 0.15) is 34.8 Å². The molecule has 1 aliphatic heterocycles. The Morgan fingerprint density at radius 3 is 2.55 bits per heavy atom. The van der Waals surface area contributed by atoms with Crippen LogP contribution >= 0.6 is 11.6 Å². The predicted molar refractivity (Wildman–Crippen MR) is 111 cm³/mol. The van der Waals surface area contributed by atoms with Crippen molar-refractivity contribution in [1.29, 1.82) is 0 Å². The van der Waals surface area contributed by atoms with E-state index in [1.165, 1.54) is 0 Å².